The summed E-state index contributed by atoms with van der Waals surface area (Å²) in [5.74, 6) is -3.65. The highest BCUT2D eigenvalue weighted by molar-refractivity contribution is 6.27. The maximum atomic E-state index is 9.10. The molecule has 0 aromatic rings. The van der Waals surface area contributed by atoms with Crippen LogP contribution in [0.5, 0.6) is 0 Å². The zero-order valence-corrected chi connectivity index (χ0v) is 4.27. The van der Waals surface area contributed by atoms with Crippen LogP contribution in [0.25, 0.3) is 0 Å². The van der Waals surface area contributed by atoms with Gasteiger partial charge in [0.2, 0.25) is 6.41 Å². The number of carbonyl (C=O) groups is 3. The van der Waals surface area contributed by atoms with Crippen LogP contribution in [0.15, 0.2) is 0 Å². The molecule has 9 heavy (non-hydrogen) atoms. The fraction of sp³-hybridized carbons (Fsp3) is 0. The molecular weight excluding hydrogens is 130 g/mol. The van der Waals surface area contributed by atoms with Crippen molar-refractivity contribution in [1.29, 1.82) is 0 Å². The molecule has 0 aromatic carbocycles. The summed E-state index contributed by atoms with van der Waals surface area (Å²) in [6.07, 6.45) is 0.250. The largest absolute Gasteiger partial charge is 0.473 e. The van der Waals surface area contributed by atoms with Crippen LogP contribution in [0.4, 0.5) is 0 Å². The Morgan fingerprint density at radius 1 is 1.22 bits per heavy atom. The van der Waals surface area contributed by atoms with Crippen LogP contribution >= 0.6 is 0 Å². The number of carbonyl (C=O) groups excluding carboxylic acids is 1. The monoisotopic (exact) mass is 135 g/mol. The Kier molecular flexibility index (Phi) is 7.41. The molecule has 6 nitrogen and oxygen atoms in total. The molecule has 6 heteroatoms. The van der Waals surface area contributed by atoms with Crippen molar-refractivity contribution in [2.24, 2.45) is 5.73 Å². The third kappa shape index (κ3) is 21.5. The highest BCUT2D eigenvalue weighted by atomic mass is 16.4. The molecule has 0 fully saturated rings. The van der Waals surface area contributed by atoms with E-state index in [2.05, 4.69) is 5.73 Å². The van der Waals surface area contributed by atoms with E-state index in [1.54, 1.807) is 0 Å². The van der Waals surface area contributed by atoms with Crippen molar-refractivity contribution in [3.8, 4) is 0 Å². The highest BCUT2D eigenvalue weighted by Crippen LogP contribution is 1.56. The average molecular weight is 135 g/mol. The van der Waals surface area contributed by atoms with E-state index in [-0.39, 0.29) is 6.41 Å². The van der Waals surface area contributed by atoms with E-state index in [0.29, 0.717) is 0 Å². The summed E-state index contributed by atoms with van der Waals surface area (Å²) in [6, 6.07) is 0. The SMILES string of the molecule is NC=O.O=C(O)C(=O)O. The molecule has 0 unspecified atom stereocenters. The first kappa shape index (κ1) is 10.4. The van der Waals surface area contributed by atoms with E-state index in [9.17, 15) is 0 Å². The third-order valence-electron chi connectivity index (χ3n) is 0.183. The van der Waals surface area contributed by atoms with Gasteiger partial charge in [-0.2, -0.15) is 0 Å². The smallest absolute Gasteiger partial charge is 0.414 e. The van der Waals surface area contributed by atoms with Gasteiger partial charge in [-0.05, 0) is 0 Å². The number of primary amides is 1. The second kappa shape index (κ2) is 6.41. The van der Waals surface area contributed by atoms with Crippen molar-refractivity contribution in [3.05, 3.63) is 0 Å². The van der Waals surface area contributed by atoms with Gasteiger partial charge in [-0.1, -0.05) is 0 Å². The summed E-state index contributed by atoms with van der Waals surface area (Å²) in [6.45, 7) is 0. The van der Waals surface area contributed by atoms with E-state index < -0.39 is 11.9 Å². The number of hydrogen-bond acceptors (Lipinski definition) is 3. The first-order valence-corrected chi connectivity index (χ1v) is 1.67. The molecule has 52 valence electrons. The molecule has 0 spiro atoms. The van der Waals surface area contributed by atoms with E-state index in [1.165, 1.54) is 0 Å². The number of carboxylic acids is 2. The highest BCUT2D eigenvalue weighted by Gasteiger charge is 2.04. The first-order chi connectivity index (χ1) is 4.06. The summed E-state index contributed by atoms with van der Waals surface area (Å²) in [7, 11) is 0. The van der Waals surface area contributed by atoms with Gasteiger partial charge < -0.3 is 15.9 Å². The van der Waals surface area contributed by atoms with Crippen LogP contribution < -0.4 is 5.73 Å². The summed E-state index contributed by atoms with van der Waals surface area (Å²) in [4.78, 5) is 26.8. The Hall–Kier alpha value is -1.59. The fourth-order valence-electron chi connectivity index (χ4n) is 0. The number of carboxylic acid groups (broad SMARTS) is 2. The van der Waals surface area contributed by atoms with Gasteiger partial charge in [0.1, 0.15) is 0 Å². The lowest BCUT2D eigenvalue weighted by Crippen LogP contribution is -2.09. The van der Waals surface area contributed by atoms with E-state index >= 15 is 0 Å². The number of nitrogens with two attached hydrogens (primary N) is 1. The molecule has 0 saturated heterocycles. The number of amides is 1. The molecule has 0 saturated carbocycles. The van der Waals surface area contributed by atoms with Crippen LogP contribution in [-0.2, 0) is 14.4 Å². The molecule has 4 N–H and O–H groups in total. The lowest BCUT2D eigenvalue weighted by Gasteiger charge is -1.72. The van der Waals surface area contributed by atoms with Crippen LogP contribution in [0, 0.1) is 0 Å². The zero-order chi connectivity index (χ0) is 7.86. The topological polar surface area (TPSA) is 118 Å². The fourth-order valence-corrected chi connectivity index (χ4v) is 0. The Morgan fingerprint density at radius 3 is 1.33 bits per heavy atom. The van der Waals surface area contributed by atoms with Crippen molar-refractivity contribution >= 4 is 18.3 Å². The second-order valence-electron chi connectivity index (χ2n) is 0.746. The minimum Gasteiger partial charge on any atom is -0.473 e. The van der Waals surface area contributed by atoms with Crippen LogP contribution in [0.3, 0.4) is 0 Å². The molecule has 0 aromatic heterocycles. The summed E-state index contributed by atoms with van der Waals surface area (Å²) < 4.78 is 0. The van der Waals surface area contributed by atoms with Crippen LogP contribution in [-0.4, -0.2) is 28.6 Å². The second-order valence-corrected chi connectivity index (χ2v) is 0.746. The molecule has 0 aliphatic rings. The summed E-state index contributed by atoms with van der Waals surface area (Å²) >= 11 is 0. The van der Waals surface area contributed by atoms with Gasteiger partial charge in [0.05, 0.1) is 0 Å². The van der Waals surface area contributed by atoms with E-state index in [4.69, 9.17) is 24.6 Å². The maximum Gasteiger partial charge on any atom is 0.414 e. The molecule has 0 rings (SSSR count). The molecule has 0 radical (unpaired) electrons. The van der Waals surface area contributed by atoms with Gasteiger partial charge in [-0.3, -0.25) is 4.79 Å². The van der Waals surface area contributed by atoms with Gasteiger partial charge >= 0.3 is 11.9 Å². The molecule has 0 aliphatic carbocycles. The van der Waals surface area contributed by atoms with Crippen LogP contribution in [0.1, 0.15) is 0 Å². The molecule has 0 atom stereocenters. The number of aliphatic carboxylic acids is 2. The molecule has 0 bridgehead atoms. The van der Waals surface area contributed by atoms with Crippen molar-refractivity contribution in [1.82, 2.24) is 0 Å². The Bertz CT molecular complexity index is 107. The average Bonchev–Trinajstić information content (AvgIpc) is 1.68. The molecule has 0 heterocycles. The number of rotatable bonds is 0. The Balaban J connectivity index is 0. The Morgan fingerprint density at radius 2 is 1.33 bits per heavy atom. The normalized spacial score (nSPS) is 6.22. The standard InChI is InChI=1S/C2H2O4.CH3NO/c3-1(4)2(5)6;2-1-3/h(H,3,4)(H,5,6);1H,(H2,2,3). The minimum absolute atomic E-state index is 0.250. The van der Waals surface area contributed by atoms with E-state index in [0.717, 1.165) is 0 Å². The van der Waals surface area contributed by atoms with Crippen molar-refractivity contribution in [3.63, 3.8) is 0 Å². The minimum atomic E-state index is -1.82. The van der Waals surface area contributed by atoms with Gasteiger partial charge in [-0.15, -0.1) is 0 Å². The third-order valence-corrected chi connectivity index (χ3v) is 0.183. The predicted octanol–water partition coefficient (Wildman–Crippen LogP) is -1.74. The molecule has 1 amide bonds. The van der Waals surface area contributed by atoms with Gasteiger partial charge in [-0.25, -0.2) is 9.59 Å². The van der Waals surface area contributed by atoms with E-state index in [1.807, 2.05) is 0 Å². The quantitative estimate of drug-likeness (QED) is 0.269. The lowest BCUT2D eigenvalue weighted by atomic mass is 10.7. The van der Waals surface area contributed by atoms with Gasteiger partial charge in [0.15, 0.2) is 0 Å². The van der Waals surface area contributed by atoms with Crippen molar-refractivity contribution in [2.45, 2.75) is 0 Å². The van der Waals surface area contributed by atoms with Gasteiger partial charge in [0.25, 0.3) is 0 Å². The molecule has 0 aliphatic heterocycles. The lowest BCUT2D eigenvalue weighted by molar-refractivity contribution is -0.159. The van der Waals surface area contributed by atoms with Crippen molar-refractivity contribution < 1.29 is 24.6 Å². The maximum absolute atomic E-state index is 9.10. The Labute approximate surface area is 49.9 Å². The molecular formula is C3H5NO5. The predicted molar refractivity (Wildman–Crippen MR) is 25.5 cm³/mol. The first-order valence-electron chi connectivity index (χ1n) is 1.67. The summed E-state index contributed by atoms with van der Waals surface area (Å²) in [5.41, 5.74) is 4.17. The zero-order valence-electron chi connectivity index (χ0n) is 4.27. The van der Waals surface area contributed by atoms with Crippen molar-refractivity contribution in [2.75, 3.05) is 0 Å². The van der Waals surface area contributed by atoms with Crippen LogP contribution in [0.2, 0.25) is 0 Å². The number of hydrogen-bond donors (Lipinski definition) is 3. The summed E-state index contributed by atoms with van der Waals surface area (Å²) in [5, 5.41) is 14.8. The van der Waals surface area contributed by atoms with Gasteiger partial charge in [0, 0.05) is 0 Å².